The van der Waals surface area contributed by atoms with Gasteiger partial charge in [-0.1, -0.05) is 34.6 Å². The van der Waals surface area contributed by atoms with E-state index in [2.05, 4.69) is 5.32 Å². The van der Waals surface area contributed by atoms with E-state index in [1.54, 1.807) is 0 Å². The molecule has 0 radical (unpaired) electrons. The highest BCUT2D eigenvalue weighted by Gasteiger charge is 2.31. The molecule has 1 N–H and O–H groups in total. The van der Waals surface area contributed by atoms with E-state index in [-0.39, 0.29) is 30.6 Å². The van der Waals surface area contributed by atoms with E-state index in [0.717, 1.165) is 0 Å². The van der Waals surface area contributed by atoms with Crippen LogP contribution in [0.1, 0.15) is 94.4 Å². The largest absolute Gasteiger partial charge is 0.462 e. The topological polar surface area (TPSA) is 134 Å². The lowest BCUT2D eigenvalue weighted by Crippen LogP contribution is -2.40. The van der Waals surface area contributed by atoms with Gasteiger partial charge in [0.25, 0.3) is 0 Å². The molecule has 10 heteroatoms. The molecule has 1 amide bonds. The van der Waals surface area contributed by atoms with Crippen molar-refractivity contribution in [1.29, 1.82) is 0 Å². The number of amides is 1. The van der Waals surface area contributed by atoms with Crippen LogP contribution < -0.4 is 5.32 Å². The van der Waals surface area contributed by atoms with Gasteiger partial charge in [0.15, 0.2) is 0 Å². The highest BCUT2D eigenvalue weighted by molar-refractivity contribution is 5.67. The lowest BCUT2D eigenvalue weighted by Gasteiger charge is -2.31. The van der Waals surface area contributed by atoms with Gasteiger partial charge in [-0.3, -0.25) is 24.0 Å². The minimum Gasteiger partial charge on any atom is -0.462 e. The zero-order chi connectivity index (χ0) is 28.1. The van der Waals surface area contributed by atoms with Crippen LogP contribution >= 0.6 is 0 Å². The molecule has 0 bridgehead atoms. The Labute approximate surface area is 215 Å². The van der Waals surface area contributed by atoms with E-state index in [1.807, 2.05) is 34.6 Å². The van der Waals surface area contributed by atoms with Gasteiger partial charge in [-0.15, -0.1) is 0 Å². The Morgan fingerprint density at radius 2 is 1.11 bits per heavy atom. The van der Waals surface area contributed by atoms with Crippen LogP contribution in [0.5, 0.6) is 0 Å². The van der Waals surface area contributed by atoms with Crippen molar-refractivity contribution in [3.05, 3.63) is 0 Å². The molecule has 0 aromatic rings. The molecule has 5 atom stereocenters. The molecule has 0 heterocycles. The molecule has 5 unspecified atom stereocenters. The number of carbonyl (C=O) groups is 5. The standard InChI is InChI=1S/C26H45NO9/c1-16(2)25(36-20(6)32)13-23(34-18(4)30)12-22(33-17(3)29)10-21(27-15-28)11-24(35-19(5)31)14-26(7,8)9/h15-16,21-25H,10-14H2,1-9H3,(H,27,28). The van der Waals surface area contributed by atoms with E-state index < -0.39 is 54.3 Å². The van der Waals surface area contributed by atoms with Crippen LogP contribution in [0.25, 0.3) is 0 Å². The molecule has 36 heavy (non-hydrogen) atoms. The number of nitrogens with one attached hydrogen (secondary N) is 1. The zero-order valence-corrected chi connectivity index (χ0v) is 23.3. The normalized spacial score (nSPS) is 15.6. The minimum atomic E-state index is -0.720. The first-order valence-electron chi connectivity index (χ1n) is 12.4. The fraction of sp³-hybridized carbons (Fsp3) is 0.808. The van der Waals surface area contributed by atoms with Crippen molar-refractivity contribution in [3.63, 3.8) is 0 Å². The van der Waals surface area contributed by atoms with E-state index in [0.29, 0.717) is 19.3 Å². The molecule has 0 spiro atoms. The van der Waals surface area contributed by atoms with Crippen LogP contribution in [0, 0.1) is 11.3 Å². The third-order valence-corrected chi connectivity index (χ3v) is 5.32. The summed E-state index contributed by atoms with van der Waals surface area (Å²) in [7, 11) is 0. The monoisotopic (exact) mass is 515 g/mol. The van der Waals surface area contributed by atoms with Crippen molar-refractivity contribution >= 4 is 30.3 Å². The highest BCUT2D eigenvalue weighted by atomic mass is 16.6. The molecule has 0 aliphatic carbocycles. The molecule has 0 aromatic heterocycles. The van der Waals surface area contributed by atoms with Gasteiger partial charge in [0.1, 0.15) is 24.4 Å². The van der Waals surface area contributed by atoms with Gasteiger partial charge < -0.3 is 24.3 Å². The van der Waals surface area contributed by atoms with E-state index in [9.17, 15) is 24.0 Å². The van der Waals surface area contributed by atoms with Crippen molar-refractivity contribution < 1.29 is 42.9 Å². The molecule has 0 aromatic carbocycles. The van der Waals surface area contributed by atoms with Crippen LogP contribution in [0.2, 0.25) is 0 Å². The van der Waals surface area contributed by atoms with Gasteiger partial charge in [0, 0.05) is 59.4 Å². The summed E-state index contributed by atoms with van der Waals surface area (Å²) >= 11 is 0. The van der Waals surface area contributed by atoms with E-state index in [1.165, 1.54) is 27.7 Å². The molecule has 0 aliphatic heterocycles. The smallest absolute Gasteiger partial charge is 0.302 e. The number of ether oxygens (including phenoxy) is 4. The Balaban J connectivity index is 5.79. The second-order valence-electron chi connectivity index (χ2n) is 10.8. The number of hydrogen-bond donors (Lipinski definition) is 1. The number of carbonyl (C=O) groups excluding carboxylic acids is 5. The average molecular weight is 516 g/mol. The van der Waals surface area contributed by atoms with Crippen molar-refractivity contribution in [3.8, 4) is 0 Å². The first kappa shape index (κ1) is 33.4. The molecule has 208 valence electrons. The molecule has 0 aliphatic rings. The lowest BCUT2D eigenvalue weighted by molar-refractivity contribution is -0.158. The van der Waals surface area contributed by atoms with Gasteiger partial charge in [0.2, 0.25) is 6.41 Å². The molecule has 10 nitrogen and oxygen atoms in total. The van der Waals surface area contributed by atoms with Crippen LogP contribution in [-0.2, 0) is 42.9 Å². The van der Waals surface area contributed by atoms with Gasteiger partial charge >= 0.3 is 23.9 Å². The summed E-state index contributed by atoms with van der Waals surface area (Å²) in [4.78, 5) is 58.2. The van der Waals surface area contributed by atoms with Crippen molar-refractivity contribution in [2.24, 2.45) is 11.3 Å². The van der Waals surface area contributed by atoms with E-state index >= 15 is 0 Å². The summed E-state index contributed by atoms with van der Waals surface area (Å²) in [6.07, 6.45) is -0.390. The highest BCUT2D eigenvalue weighted by Crippen LogP contribution is 2.27. The van der Waals surface area contributed by atoms with Crippen molar-refractivity contribution in [2.45, 2.75) is 125 Å². The van der Waals surface area contributed by atoms with Crippen molar-refractivity contribution in [2.75, 3.05) is 0 Å². The molecule has 0 saturated heterocycles. The van der Waals surface area contributed by atoms with E-state index in [4.69, 9.17) is 18.9 Å². The number of hydrogen-bond acceptors (Lipinski definition) is 9. The second-order valence-corrected chi connectivity index (χ2v) is 10.8. The quantitative estimate of drug-likeness (QED) is 0.186. The summed E-state index contributed by atoms with van der Waals surface area (Å²) in [6, 6.07) is -0.481. The Hall–Kier alpha value is -2.65. The molecular weight excluding hydrogens is 470 g/mol. The van der Waals surface area contributed by atoms with Gasteiger partial charge in [-0.05, 0) is 17.8 Å². The molecule has 0 rings (SSSR count). The second kappa shape index (κ2) is 16.2. The maximum absolute atomic E-state index is 11.9. The zero-order valence-electron chi connectivity index (χ0n) is 23.3. The van der Waals surface area contributed by atoms with Gasteiger partial charge in [-0.2, -0.15) is 0 Å². The van der Waals surface area contributed by atoms with Crippen LogP contribution in [-0.4, -0.2) is 60.7 Å². The van der Waals surface area contributed by atoms with Crippen LogP contribution in [0.4, 0.5) is 0 Å². The maximum Gasteiger partial charge on any atom is 0.302 e. The number of rotatable bonds is 16. The lowest BCUT2D eigenvalue weighted by atomic mass is 9.86. The first-order chi connectivity index (χ1) is 16.5. The summed E-state index contributed by atoms with van der Waals surface area (Å²) in [6.45, 7) is 15.0. The molecule has 0 fully saturated rings. The fourth-order valence-corrected chi connectivity index (χ4v) is 4.13. The van der Waals surface area contributed by atoms with Crippen molar-refractivity contribution in [1.82, 2.24) is 5.32 Å². The first-order valence-corrected chi connectivity index (χ1v) is 12.4. The minimum absolute atomic E-state index is 0.0366. The SMILES string of the molecule is CC(=O)OC(CC(CC(CC(C)(C)C)OC(C)=O)NC=O)CC(CC(OC(C)=O)C(C)C)OC(C)=O. The Morgan fingerprint density at radius 3 is 1.50 bits per heavy atom. The predicted molar refractivity (Wildman–Crippen MR) is 133 cm³/mol. The van der Waals surface area contributed by atoms with Crippen LogP contribution in [0.3, 0.4) is 0 Å². The molecular formula is C26H45NO9. The summed E-state index contributed by atoms with van der Waals surface area (Å²) in [5.41, 5.74) is -0.135. The average Bonchev–Trinajstić information content (AvgIpc) is 2.64. The summed E-state index contributed by atoms with van der Waals surface area (Å²) in [5, 5.41) is 2.73. The van der Waals surface area contributed by atoms with Crippen LogP contribution in [0.15, 0.2) is 0 Å². The predicted octanol–water partition coefficient (Wildman–Crippen LogP) is 3.48. The maximum atomic E-state index is 11.9. The van der Waals surface area contributed by atoms with Gasteiger partial charge in [-0.25, -0.2) is 0 Å². The number of esters is 4. The Morgan fingerprint density at radius 1 is 0.694 bits per heavy atom. The summed E-state index contributed by atoms with van der Waals surface area (Å²) in [5.74, 6) is -1.96. The third-order valence-electron chi connectivity index (χ3n) is 5.32. The fourth-order valence-electron chi connectivity index (χ4n) is 4.13. The Kier molecular flexibility index (Phi) is 15.0. The summed E-state index contributed by atoms with van der Waals surface area (Å²) < 4.78 is 21.9. The van der Waals surface area contributed by atoms with Gasteiger partial charge in [0.05, 0.1) is 0 Å². The molecule has 0 saturated carbocycles. The third kappa shape index (κ3) is 16.9. The Bertz CT molecular complexity index is 729.